The molecule has 4 rings (SSSR count). The standard InChI is InChI=1S/C25H21FINO3S/c1-17-19(16-30-23-11-7-21(27)8-12-23)15-25(28(17)22-9-5-20(26)6-10-22)18-3-13-24(14-4-18)32-31-29-2/h3-15H,16H2,1-2H3. The average molecular weight is 561 g/mol. The van der Waals surface area contributed by atoms with Crippen LogP contribution in [0, 0.1) is 16.3 Å². The summed E-state index contributed by atoms with van der Waals surface area (Å²) in [5.41, 5.74) is 5.02. The van der Waals surface area contributed by atoms with Crippen LogP contribution in [-0.2, 0) is 15.8 Å². The fourth-order valence-corrected chi connectivity index (χ4v) is 4.14. The van der Waals surface area contributed by atoms with E-state index in [0.29, 0.717) is 6.61 Å². The van der Waals surface area contributed by atoms with E-state index in [2.05, 4.69) is 45.0 Å². The van der Waals surface area contributed by atoms with E-state index >= 15 is 0 Å². The fraction of sp³-hybridized carbons (Fsp3) is 0.120. The van der Waals surface area contributed by atoms with Gasteiger partial charge in [-0.3, -0.25) is 0 Å². The van der Waals surface area contributed by atoms with E-state index in [0.717, 1.165) is 54.5 Å². The maximum Gasteiger partial charge on any atom is 0.123 e. The third-order valence-electron chi connectivity index (χ3n) is 4.99. The van der Waals surface area contributed by atoms with Crippen molar-refractivity contribution in [1.29, 1.82) is 0 Å². The number of aromatic nitrogens is 1. The third-order valence-corrected chi connectivity index (χ3v) is 6.38. The molecule has 0 amide bonds. The summed E-state index contributed by atoms with van der Waals surface area (Å²) < 4.78 is 27.8. The third kappa shape index (κ3) is 5.35. The Bertz CT molecular complexity index is 1180. The molecule has 164 valence electrons. The number of rotatable bonds is 8. The molecule has 0 saturated heterocycles. The number of hydrogen-bond donors (Lipinski definition) is 0. The summed E-state index contributed by atoms with van der Waals surface area (Å²) in [6.07, 6.45) is 0. The molecule has 1 aromatic heterocycles. The molecule has 0 radical (unpaired) electrons. The summed E-state index contributed by atoms with van der Waals surface area (Å²) >= 11 is 3.42. The molecule has 0 aliphatic rings. The van der Waals surface area contributed by atoms with Crippen LogP contribution in [0.2, 0.25) is 0 Å². The van der Waals surface area contributed by atoms with Crippen LogP contribution in [0.1, 0.15) is 11.3 Å². The smallest absolute Gasteiger partial charge is 0.123 e. The van der Waals surface area contributed by atoms with Gasteiger partial charge in [0.1, 0.15) is 18.2 Å². The quantitative estimate of drug-likeness (QED) is 0.0975. The fourth-order valence-electron chi connectivity index (χ4n) is 3.39. The largest absolute Gasteiger partial charge is 0.489 e. The van der Waals surface area contributed by atoms with Crippen LogP contribution in [0.15, 0.2) is 83.8 Å². The lowest BCUT2D eigenvalue weighted by Gasteiger charge is -2.13. The molecule has 3 aromatic carbocycles. The predicted molar refractivity (Wildman–Crippen MR) is 133 cm³/mol. The Balaban J connectivity index is 1.69. The Morgan fingerprint density at radius 1 is 0.938 bits per heavy atom. The molecule has 1 heterocycles. The van der Waals surface area contributed by atoms with Crippen molar-refractivity contribution in [2.75, 3.05) is 7.11 Å². The summed E-state index contributed by atoms with van der Waals surface area (Å²) in [5, 5.41) is 0. The number of hydrogen-bond acceptors (Lipinski definition) is 4. The van der Waals surface area contributed by atoms with Crippen LogP contribution in [0.4, 0.5) is 4.39 Å². The minimum Gasteiger partial charge on any atom is -0.489 e. The van der Waals surface area contributed by atoms with Gasteiger partial charge in [-0.1, -0.05) is 12.1 Å². The summed E-state index contributed by atoms with van der Waals surface area (Å²) in [4.78, 5) is 5.58. The van der Waals surface area contributed by atoms with Gasteiger partial charge < -0.3 is 9.30 Å². The Morgan fingerprint density at radius 2 is 1.62 bits per heavy atom. The van der Waals surface area contributed by atoms with E-state index in [1.807, 2.05) is 48.5 Å². The number of nitrogens with zero attached hydrogens (tertiary/aromatic N) is 1. The lowest BCUT2D eigenvalue weighted by molar-refractivity contribution is -0.160. The second-order valence-electron chi connectivity index (χ2n) is 7.04. The zero-order chi connectivity index (χ0) is 22.5. The molecule has 0 aliphatic carbocycles. The summed E-state index contributed by atoms with van der Waals surface area (Å²) in [6.45, 7) is 2.49. The van der Waals surface area contributed by atoms with Crippen LogP contribution in [0.5, 0.6) is 5.75 Å². The van der Waals surface area contributed by atoms with Crippen molar-refractivity contribution in [2.24, 2.45) is 0 Å². The van der Waals surface area contributed by atoms with E-state index in [-0.39, 0.29) is 5.82 Å². The van der Waals surface area contributed by atoms with E-state index in [1.54, 1.807) is 12.1 Å². The van der Waals surface area contributed by atoms with Crippen LogP contribution in [0.3, 0.4) is 0 Å². The molecule has 0 aliphatic heterocycles. The molecule has 7 heteroatoms. The van der Waals surface area contributed by atoms with Crippen LogP contribution >= 0.6 is 34.6 Å². The molecule has 0 unspecified atom stereocenters. The van der Waals surface area contributed by atoms with Crippen molar-refractivity contribution in [3.05, 3.63) is 99.5 Å². The molecule has 32 heavy (non-hydrogen) atoms. The maximum absolute atomic E-state index is 13.6. The normalized spacial score (nSPS) is 11.0. The maximum atomic E-state index is 13.6. The van der Waals surface area contributed by atoms with Crippen molar-refractivity contribution in [3.63, 3.8) is 0 Å². The first-order valence-corrected chi connectivity index (χ1v) is 11.7. The molecule has 4 nitrogen and oxygen atoms in total. The Labute approximate surface area is 204 Å². The van der Waals surface area contributed by atoms with E-state index < -0.39 is 0 Å². The van der Waals surface area contributed by atoms with E-state index in [4.69, 9.17) is 9.07 Å². The first kappa shape index (κ1) is 22.8. The van der Waals surface area contributed by atoms with E-state index in [9.17, 15) is 4.39 Å². The second-order valence-corrected chi connectivity index (χ2v) is 9.06. The number of ether oxygens (including phenoxy) is 1. The summed E-state index contributed by atoms with van der Waals surface area (Å²) in [7, 11) is 1.47. The zero-order valence-electron chi connectivity index (χ0n) is 17.5. The predicted octanol–water partition coefficient (Wildman–Crippen LogP) is 7.36. The Hall–Kier alpha value is -2.33. The van der Waals surface area contributed by atoms with Gasteiger partial charge in [0, 0.05) is 25.4 Å². The van der Waals surface area contributed by atoms with Gasteiger partial charge >= 0.3 is 0 Å². The Morgan fingerprint density at radius 3 is 2.28 bits per heavy atom. The van der Waals surface area contributed by atoms with Gasteiger partial charge in [0.25, 0.3) is 0 Å². The lowest BCUT2D eigenvalue weighted by atomic mass is 10.1. The topological polar surface area (TPSA) is 32.6 Å². The Kier molecular flexibility index (Phi) is 7.51. The molecule has 0 atom stereocenters. The van der Waals surface area contributed by atoms with Crippen molar-refractivity contribution >= 4 is 34.6 Å². The van der Waals surface area contributed by atoms with Crippen LogP contribution in [0.25, 0.3) is 16.9 Å². The highest BCUT2D eigenvalue weighted by molar-refractivity contribution is 14.1. The molecular formula is C25H21FINO3S. The van der Waals surface area contributed by atoms with Gasteiger partial charge in [-0.15, -0.1) is 0 Å². The minimum atomic E-state index is -0.262. The average Bonchev–Trinajstić information content (AvgIpc) is 3.14. The highest BCUT2D eigenvalue weighted by Gasteiger charge is 2.16. The van der Waals surface area contributed by atoms with Gasteiger partial charge in [0.2, 0.25) is 0 Å². The van der Waals surface area contributed by atoms with Crippen LogP contribution < -0.4 is 4.74 Å². The lowest BCUT2D eigenvalue weighted by Crippen LogP contribution is -2.01. The first-order chi connectivity index (χ1) is 15.5. The monoisotopic (exact) mass is 561 g/mol. The highest BCUT2D eigenvalue weighted by Crippen LogP contribution is 2.32. The van der Waals surface area contributed by atoms with Crippen molar-refractivity contribution in [3.8, 4) is 22.7 Å². The van der Waals surface area contributed by atoms with Gasteiger partial charge in [0.05, 0.1) is 24.8 Å². The molecular weight excluding hydrogens is 540 g/mol. The first-order valence-electron chi connectivity index (χ1n) is 9.88. The molecule has 0 spiro atoms. The molecule has 4 aromatic rings. The van der Waals surface area contributed by atoms with Gasteiger partial charge in [0.15, 0.2) is 0 Å². The molecule has 0 fully saturated rings. The molecule has 0 bridgehead atoms. The molecule has 0 saturated carbocycles. The number of benzene rings is 3. The summed E-state index contributed by atoms with van der Waals surface area (Å²) in [6, 6.07) is 24.6. The summed E-state index contributed by atoms with van der Waals surface area (Å²) in [5.74, 6) is 0.558. The van der Waals surface area contributed by atoms with E-state index in [1.165, 1.54) is 19.2 Å². The van der Waals surface area contributed by atoms with Gasteiger partial charge in [-0.05, 0) is 102 Å². The zero-order valence-corrected chi connectivity index (χ0v) is 20.5. The van der Waals surface area contributed by atoms with Crippen molar-refractivity contribution < 1.29 is 18.3 Å². The minimum absolute atomic E-state index is 0.262. The SMILES string of the molecule is COOSc1ccc(-c2cc(COc3ccc(I)cc3)c(C)n2-c2ccc(F)cc2)cc1. The van der Waals surface area contributed by atoms with Crippen molar-refractivity contribution in [2.45, 2.75) is 18.4 Å². The highest BCUT2D eigenvalue weighted by atomic mass is 127. The number of halogens is 2. The van der Waals surface area contributed by atoms with Gasteiger partial charge in [-0.25, -0.2) is 9.28 Å². The second kappa shape index (κ2) is 10.5. The molecule has 0 N–H and O–H groups in total. The van der Waals surface area contributed by atoms with Crippen LogP contribution in [-0.4, -0.2) is 11.7 Å². The van der Waals surface area contributed by atoms with Gasteiger partial charge in [-0.2, -0.15) is 4.33 Å². The van der Waals surface area contributed by atoms with Crippen molar-refractivity contribution in [1.82, 2.24) is 4.57 Å².